The summed E-state index contributed by atoms with van der Waals surface area (Å²) in [6.07, 6.45) is 4.44. The van der Waals surface area contributed by atoms with Gasteiger partial charge < -0.3 is 0 Å². The van der Waals surface area contributed by atoms with Gasteiger partial charge in [0.25, 0.3) is 5.91 Å². The molecule has 0 saturated heterocycles. The minimum atomic E-state index is -0.531. The van der Waals surface area contributed by atoms with E-state index >= 15 is 0 Å². The summed E-state index contributed by atoms with van der Waals surface area (Å²) in [5, 5.41) is 22.2. The second-order valence-electron chi connectivity index (χ2n) is 4.36. The van der Waals surface area contributed by atoms with Gasteiger partial charge in [-0.25, -0.2) is 4.98 Å². The molecule has 1 amide bonds. The number of carbonyl (C=O) groups is 1. The molecule has 0 bridgehead atoms. The molecule has 0 spiro atoms. The molecule has 3 rings (SSSR count). The lowest BCUT2D eigenvalue weighted by Crippen LogP contribution is -2.13. The first kappa shape index (κ1) is 14.6. The molecule has 0 aliphatic heterocycles. The van der Waals surface area contributed by atoms with E-state index in [0.29, 0.717) is 10.8 Å². The van der Waals surface area contributed by atoms with Crippen LogP contribution in [-0.2, 0) is 4.79 Å². The second-order valence-corrected chi connectivity index (χ2v) is 5.25. The van der Waals surface area contributed by atoms with E-state index in [0.717, 1.165) is 5.69 Å². The van der Waals surface area contributed by atoms with E-state index in [1.54, 1.807) is 11.6 Å². The summed E-state index contributed by atoms with van der Waals surface area (Å²) < 4.78 is 0. The third-order valence-corrected chi connectivity index (χ3v) is 3.50. The highest BCUT2D eigenvalue weighted by molar-refractivity contribution is 7.13. The molecule has 7 nitrogen and oxygen atoms in total. The summed E-state index contributed by atoms with van der Waals surface area (Å²) in [4.78, 5) is 17.4. The predicted molar refractivity (Wildman–Crippen MR) is 85.7 cm³/mol. The summed E-state index contributed by atoms with van der Waals surface area (Å²) in [6.45, 7) is 0. The average molecular weight is 322 g/mol. The quantitative estimate of drug-likeness (QED) is 0.587. The molecular weight excluding hydrogens is 312 g/mol. The molecule has 0 aliphatic rings. The minimum Gasteiger partial charge on any atom is -0.297 e. The number of benzene rings is 1. The van der Waals surface area contributed by atoms with Crippen molar-refractivity contribution < 1.29 is 4.79 Å². The molecule has 3 aromatic rings. The number of nitrogens with zero attached hydrogens (tertiary/aromatic N) is 5. The van der Waals surface area contributed by atoms with Crippen molar-refractivity contribution in [1.82, 2.24) is 20.0 Å². The maximum Gasteiger partial charge on any atom is 0.268 e. The van der Waals surface area contributed by atoms with E-state index in [1.165, 1.54) is 28.4 Å². The molecule has 0 fully saturated rings. The van der Waals surface area contributed by atoms with Crippen LogP contribution in [0.5, 0.6) is 0 Å². The number of amides is 1. The van der Waals surface area contributed by atoms with Crippen molar-refractivity contribution in [3.8, 4) is 11.8 Å². The van der Waals surface area contributed by atoms with Crippen LogP contribution in [0, 0.1) is 11.3 Å². The number of nitriles is 1. The van der Waals surface area contributed by atoms with Gasteiger partial charge in [-0.1, -0.05) is 18.2 Å². The smallest absolute Gasteiger partial charge is 0.268 e. The molecule has 0 saturated carbocycles. The lowest BCUT2D eigenvalue weighted by molar-refractivity contribution is -0.112. The van der Waals surface area contributed by atoms with Crippen LogP contribution in [0.1, 0.15) is 5.69 Å². The monoisotopic (exact) mass is 322 g/mol. The van der Waals surface area contributed by atoms with Crippen LogP contribution in [0.3, 0.4) is 0 Å². The van der Waals surface area contributed by atoms with Gasteiger partial charge >= 0.3 is 0 Å². The minimum absolute atomic E-state index is 0.0692. The molecule has 0 radical (unpaired) electrons. The van der Waals surface area contributed by atoms with Crippen molar-refractivity contribution in [2.75, 3.05) is 5.32 Å². The molecule has 8 heteroatoms. The summed E-state index contributed by atoms with van der Waals surface area (Å²) in [5.41, 5.74) is 1.14. The Morgan fingerprint density at radius 3 is 2.87 bits per heavy atom. The molecular formula is C15H10N6OS. The zero-order valence-electron chi connectivity index (χ0n) is 11.7. The maximum atomic E-state index is 12.0. The Bertz CT molecular complexity index is 876. The van der Waals surface area contributed by atoms with Crippen LogP contribution in [0.25, 0.3) is 11.8 Å². The number of carbonyl (C=O) groups excluding carboxylic acids is 1. The standard InChI is InChI=1S/C15H10N6OS/c16-9-11(14(22)19-15-17-6-7-23-15)8-12-10-18-21(20-12)13-4-2-1-3-5-13/h1-8,10H,(H,17,19,22)/b11-8-. The van der Waals surface area contributed by atoms with Crippen LogP contribution >= 0.6 is 11.3 Å². The number of hydrogen-bond acceptors (Lipinski definition) is 6. The van der Waals surface area contributed by atoms with Gasteiger partial charge in [0.2, 0.25) is 0 Å². The van der Waals surface area contributed by atoms with Crippen LogP contribution in [0.4, 0.5) is 5.13 Å². The Kier molecular flexibility index (Phi) is 4.22. The summed E-state index contributed by atoms with van der Waals surface area (Å²) in [7, 11) is 0. The summed E-state index contributed by atoms with van der Waals surface area (Å²) in [6, 6.07) is 11.2. The first-order valence-corrected chi connectivity index (χ1v) is 7.44. The number of anilines is 1. The van der Waals surface area contributed by atoms with Crippen molar-refractivity contribution in [3.05, 3.63) is 59.4 Å². The Hall–Kier alpha value is -3.31. The van der Waals surface area contributed by atoms with Gasteiger partial charge in [0.05, 0.1) is 11.9 Å². The largest absolute Gasteiger partial charge is 0.297 e. The van der Waals surface area contributed by atoms with Gasteiger partial charge in [-0.2, -0.15) is 15.2 Å². The number of aromatic nitrogens is 4. The predicted octanol–water partition coefficient (Wildman–Crippen LogP) is 2.27. The van der Waals surface area contributed by atoms with Gasteiger partial charge in [-0.3, -0.25) is 10.1 Å². The molecule has 1 aromatic carbocycles. The van der Waals surface area contributed by atoms with Crippen molar-refractivity contribution in [2.24, 2.45) is 0 Å². The van der Waals surface area contributed by atoms with Crippen molar-refractivity contribution in [2.45, 2.75) is 0 Å². The van der Waals surface area contributed by atoms with Crippen molar-refractivity contribution >= 4 is 28.5 Å². The summed E-state index contributed by atoms with van der Waals surface area (Å²) in [5.74, 6) is -0.531. The van der Waals surface area contributed by atoms with Gasteiger partial charge in [0.15, 0.2) is 5.13 Å². The number of hydrogen-bond donors (Lipinski definition) is 1. The van der Waals surface area contributed by atoms with Gasteiger partial charge in [0, 0.05) is 11.6 Å². The third kappa shape index (κ3) is 3.48. The Labute approximate surface area is 135 Å². The summed E-state index contributed by atoms with van der Waals surface area (Å²) >= 11 is 1.28. The highest BCUT2D eigenvalue weighted by Gasteiger charge is 2.12. The molecule has 2 aromatic heterocycles. The number of rotatable bonds is 4. The number of para-hydroxylation sites is 1. The Morgan fingerprint density at radius 2 is 2.17 bits per heavy atom. The topological polar surface area (TPSA) is 96.5 Å². The van der Waals surface area contributed by atoms with E-state index in [4.69, 9.17) is 5.26 Å². The molecule has 0 aliphatic carbocycles. The first-order chi connectivity index (χ1) is 11.3. The van der Waals surface area contributed by atoms with Crippen LogP contribution in [0.2, 0.25) is 0 Å². The van der Waals surface area contributed by atoms with E-state index < -0.39 is 5.91 Å². The van der Waals surface area contributed by atoms with E-state index in [1.807, 2.05) is 36.4 Å². The van der Waals surface area contributed by atoms with Gasteiger partial charge in [-0.15, -0.1) is 16.4 Å². The second kappa shape index (κ2) is 6.64. The van der Waals surface area contributed by atoms with Crippen LogP contribution < -0.4 is 5.32 Å². The first-order valence-electron chi connectivity index (χ1n) is 6.56. The molecule has 0 atom stereocenters. The highest BCUT2D eigenvalue weighted by Crippen LogP contribution is 2.13. The van der Waals surface area contributed by atoms with Crippen LogP contribution in [0.15, 0.2) is 53.7 Å². The highest BCUT2D eigenvalue weighted by atomic mass is 32.1. The number of nitrogens with one attached hydrogen (secondary N) is 1. The zero-order valence-corrected chi connectivity index (χ0v) is 12.6. The van der Waals surface area contributed by atoms with Crippen LogP contribution in [-0.4, -0.2) is 25.9 Å². The molecule has 0 unspecified atom stereocenters. The number of thiazole rings is 1. The molecule has 2 heterocycles. The fraction of sp³-hybridized carbons (Fsp3) is 0. The van der Waals surface area contributed by atoms with E-state index in [2.05, 4.69) is 20.5 Å². The SMILES string of the molecule is N#C/C(=C/c1cnn(-c2ccccc2)n1)C(=O)Nc1nccs1. The lowest BCUT2D eigenvalue weighted by atomic mass is 10.2. The molecule has 112 valence electrons. The maximum absolute atomic E-state index is 12.0. The van der Waals surface area contributed by atoms with Gasteiger partial charge in [0.1, 0.15) is 17.3 Å². The normalized spacial score (nSPS) is 11.0. The fourth-order valence-electron chi connectivity index (χ4n) is 1.77. The average Bonchev–Trinajstić information content (AvgIpc) is 3.25. The van der Waals surface area contributed by atoms with Crippen molar-refractivity contribution in [1.29, 1.82) is 5.26 Å². The third-order valence-electron chi connectivity index (χ3n) is 2.81. The fourth-order valence-corrected chi connectivity index (χ4v) is 2.30. The lowest BCUT2D eigenvalue weighted by Gasteiger charge is -1.99. The Morgan fingerprint density at radius 1 is 1.35 bits per heavy atom. The Balaban J connectivity index is 1.80. The van der Waals surface area contributed by atoms with E-state index in [9.17, 15) is 4.79 Å². The zero-order chi connectivity index (χ0) is 16.1. The van der Waals surface area contributed by atoms with Crippen molar-refractivity contribution in [3.63, 3.8) is 0 Å². The van der Waals surface area contributed by atoms with Gasteiger partial charge in [-0.05, 0) is 18.2 Å². The van der Waals surface area contributed by atoms with E-state index in [-0.39, 0.29) is 5.57 Å². The molecule has 1 N–H and O–H groups in total. The molecule has 23 heavy (non-hydrogen) atoms.